The Kier molecular flexibility index (Phi) is 4.79. The summed E-state index contributed by atoms with van der Waals surface area (Å²) >= 11 is 1.48. The smallest absolute Gasteiger partial charge is 0.230 e. The molecule has 4 rings (SSSR count). The standard InChI is InChI=1S/C18H23N7OS/c1-10-8-11(9-26-2)12-13(19)14(27-16(12)21-10)15-22-17(20)24-18(23-15)25-6-4-3-5-7-25/h8H,3-7,9,19H2,1-2H3,(H2,20,22,23,24). The molecule has 0 spiro atoms. The largest absolute Gasteiger partial charge is 0.397 e. The maximum Gasteiger partial charge on any atom is 0.230 e. The van der Waals surface area contributed by atoms with Gasteiger partial charge in [0.2, 0.25) is 11.9 Å². The Morgan fingerprint density at radius 1 is 1.11 bits per heavy atom. The van der Waals surface area contributed by atoms with Crippen LogP contribution in [0.1, 0.15) is 30.5 Å². The molecule has 9 heteroatoms. The van der Waals surface area contributed by atoms with Crippen LogP contribution in [-0.2, 0) is 11.3 Å². The molecule has 142 valence electrons. The minimum atomic E-state index is 0.207. The average Bonchev–Trinajstić information content (AvgIpc) is 2.98. The molecular weight excluding hydrogens is 362 g/mol. The van der Waals surface area contributed by atoms with Gasteiger partial charge in [0.1, 0.15) is 4.83 Å². The van der Waals surface area contributed by atoms with Gasteiger partial charge < -0.3 is 21.1 Å². The molecule has 0 amide bonds. The fourth-order valence-corrected chi connectivity index (χ4v) is 4.61. The Labute approximate surface area is 161 Å². The first-order chi connectivity index (χ1) is 13.1. The number of pyridine rings is 1. The number of hydrogen-bond acceptors (Lipinski definition) is 9. The van der Waals surface area contributed by atoms with E-state index in [0.717, 1.165) is 52.3 Å². The normalized spacial score (nSPS) is 14.8. The number of anilines is 3. The van der Waals surface area contributed by atoms with Gasteiger partial charge in [-0.2, -0.15) is 15.0 Å². The van der Waals surface area contributed by atoms with E-state index in [2.05, 4.69) is 24.8 Å². The lowest BCUT2D eigenvalue weighted by molar-refractivity contribution is 0.186. The molecule has 1 saturated heterocycles. The van der Waals surface area contributed by atoms with Crippen LogP contribution < -0.4 is 16.4 Å². The fourth-order valence-electron chi connectivity index (χ4n) is 3.49. The van der Waals surface area contributed by atoms with Crippen molar-refractivity contribution in [3.05, 3.63) is 17.3 Å². The molecule has 0 unspecified atom stereocenters. The fraction of sp³-hybridized carbons (Fsp3) is 0.444. The molecule has 27 heavy (non-hydrogen) atoms. The molecule has 0 atom stereocenters. The van der Waals surface area contributed by atoms with E-state index >= 15 is 0 Å². The van der Waals surface area contributed by atoms with Crippen LogP contribution in [-0.4, -0.2) is 40.1 Å². The first kappa shape index (κ1) is 17.9. The highest BCUT2D eigenvalue weighted by molar-refractivity contribution is 7.22. The number of nitrogens with zero attached hydrogens (tertiary/aromatic N) is 5. The summed E-state index contributed by atoms with van der Waals surface area (Å²) in [4.78, 5) is 21.8. The molecule has 4 heterocycles. The van der Waals surface area contributed by atoms with Gasteiger partial charge in [0.05, 0.1) is 17.2 Å². The van der Waals surface area contributed by atoms with E-state index in [9.17, 15) is 0 Å². The second-order valence-corrected chi connectivity index (χ2v) is 7.74. The number of hydrogen-bond donors (Lipinski definition) is 2. The van der Waals surface area contributed by atoms with E-state index in [4.69, 9.17) is 16.2 Å². The van der Waals surface area contributed by atoms with Crippen molar-refractivity contribution in [1.82, 2.24) is 19.9 Å². The molecule has 1 aliphatic heterocycles. The lowest BCUT2D eigenvalue weighted by Gasteiger charge is -2.26. The third-order valence-corrected chi connectivity index (χ3v) is 5.79. The van der Waals surface area contributed by atoms with Gasteiger partial charge in [-0.15, -0.1) is 11.3 Å². The molecule has 0 radical (unpaired) electrons. The number of methoxy groups -OCH3 is 1. The van der Waals surface area contributed by atoms with E-state index in [0.29, 0.717) is 24.1 Å². The van der Waals surface area contributed by atoms with Crippen LogP contribution in [0.2, 0.25) is 0 Å². The van der Waals surface area contributed by atoms with E-state index in [-0.39, 0.29) is 5.95 Å². The maximum atomic E-state index is 6.49. The van der Waals surface area contributed by atoms with Gasteiger partial charge in [0.25, 0.3) is 0 Å². The van der Waals surface area contributed by atoms with Crippen molar-refractivity contribution in [2.45, 2.75) is 32.8 Å². The summed E-state index contributed by atoms with van der Waals surface area (Å²) in [5.74, 6) is 1.33. The number of nitrogens with two attached hydrogens (primary N) is 2. The summed E-state index contributed by atoms with van der Waals surface area (Å²) in [7, 11) is 1.67. The quantitative estimate of drug-likeness (QED) is 0.704. The molecule has 1 aliphatic rings. The first-order valence-corrected chi connectivity index (χ1v) is 9.82. The molecule has 3 aromatic heterocycles. The van der Waals surface area contributed by atoms with Crippen LogP contribution in [0.4, 0.5) is 17.6 Å². The predicted octanol–water partition coefficient (Wildman–Crippen LogP) is 2.76. The summed E-state index contributed by atoms with van der Waals surface area (Å²) in [6.45, 7) is 4.30. The highest BCUT2D eigenvalue weighted by atomic mass is 32.1. The molecule has 3 aromatic rings. The molecule has 0 aliphatic carbocycles. The lowest BCUT2D eigenvalue weighted by atomic mass is 10.1. The maximum absolute atomic E-state index is 6.49. The lowest BCUT2D eigenvalue weighted by Crippen LogP contribution is -2.31. The molecule has 8 nitrogen and oxygen atoms in total. The third kappa shape index (κ3) is 3.40. The number of rotatable bonds is 4. The molecule has 0 bridgehead atoms. The van der Waals surface area contributed by atoms with E-state index < -0.39 is 0 Å². The molecule has 0 aromatic carbocycles. The number of piperidine rings is 1. The van der Waals surface area contributed by atoms with Gasteiger partial charge in [0, 0.05) is 31.3 Å². The highest BCUT2D eigenvalue weighted by Crippen LogP contribution is 2.41. The summed E-state index contributed by atoms with van der Waals surface area (Å²) in [6, 6.07) is 2.00. The van der Waals surface area contributed by atoms with E-state index in [1.807, 2.05) is 13.0 Å². The monoisotopic (exact) mass is 385 g/mol. The number of ether oxygens (including phenoxy) is 1. The van der Waals surface area contributed by atoms with Gasteiger partial charge in [-0.25, -0.2) is 4.98 Å². The Morgan fingerprint density at radius 2 is 1.89 bits per heavy atom. The van der Waals surface area contributed by atoms with Crippen LogP contribution in [0.25, 0.3) is 20.9 Å². The van der Waals surface area contributed by atoms with Crippen molar-refractivity contribution < 1.29 is 4.74 Å². The van der Waals surface area contributed by atoms with Gasteiger partial charge in [0.15, 0.2) is 5.82 Å². The van der Waals surface area contributed by atoms with Crippen LogP contribution in [0.3, 0.4) is 0 Å². The van der Waals surface area contributed by atoms with Gasteiger partial charge in [-0.1, -0.05) is 0 Å². The van der Waals surface area contributed by atoms with E-state index in [1.165, 1.54) is 17.8 Å². The van der Waals surface area contributed by atoms with Gasteiger partial charge >= 0.3 is 0 Å². The van der Waals surface area contributed by atoms with Crippen molar-refractivity contribution in [2.24, 2.45) is 0 Å². The van der Waals surface area contributed by atoms with Crippen molar-refractivity contribution in [3.63, 3.8) is 0 Å². The first-order valence-electron chi connectivity index (χ1n) is 9.01. The zero-order valence-corrected chi connectivity index (χ0v) is 16.3. The van der Waals surface area contributed by atoms with Crippen molar-refractivity contribution in [3.8, 4) is 10.7 Å². The Hall–Kier alpha value is -2.52. The number of thiophene rings is 1. The Balaban J connectivity index is 1.83. The minimum absolute atomic E-state index is 0.207. The average molecular weight is 385 g/mol. The molecule has 1 fully saturated rings. The summed E-state index contributed by atoms with van der Waals surface area (Å²) < 4.78 is 5.33. The van der Waals surface area contributed by atoms with Gasteiger partial charge in [-0.05, 0) is 37.8 Å². The minimum Gasteiger partial charge on any atom is -0.397 e. The summed E-state index contributed by atoms with van der Waals surface area (Å²) in [6.07, 6.45) is 3.51. The van der Waals surface area contributed by atoms with Crippen LogP contribution in [0.15, 0.2) is 6.07 Å². The molecule has 4 N–H and O–H groups in total. The van der Waals surface area contributed by atoms with Crippen LogP contribution in [0.5, 0.6) is 0 Å². The molecule has 0 saturated carbocycles. The van der Waals surface area contributed by atoms with Gasteiger partial charge in [-0.3, -0.25) is 0 Å². The van der Waals surface area contributed by atoms with Crippen LogP contribution >= 0.6 is 11.3 Å². The van der Waals surface area contributed by atoms with Crippen molar-refractivity contribution in [2.75, 3.05) is 36.6 Å². The summed E-state index contributed by atoms with van der Waals surface area (Å²) in [5.41, 5.74) is 15.0. The van der Waals surface area contributed by atoms with Crippen molar-refractivity contribution in [1.29, 1.82) is 0 Å². The number of fused-ring (bicyclic) bond motifs is 1. The SMILES string of the molecule is COCc1cc(C)nc2sc(-c3nc(N)nc(N4CCCCC4)n3)c(N)c12. The van der Waals surface area contributed by atoms with Crippen LogP contribution in [0, 0.1) is 6.92 Å². The second-order valence-electron chi connectivity index (χ2n) is 6.75. The zero-order chi connectivity index (χ0) is 19.0. The summed E-state index contributed by atoms with van der Waals surface area (Å²) in [5, 5.41) is 0.904. The van der Waals surface area contributed by atoms with Crippen molar-refractivity contribution >= 4 is 39.1 Å². The number of aryl methyl sites for hydroxylation is 1. The third-order valence-electron chi connectivity index (χ3n) is 4.69. The highest BCUT2D eigenvalue weighted by Gasteiger charge is 2.21. The number of aromatic nitrogens is 4. The Bertz CT molecular complexity index is 981. The number of nitrogen functional groups attached to an aromatic ring is 2. The predicted molar refractivity (Wildman–Crippen MR) is 109 cm³/mol. The molecular formula is C18H23N7OS. The Morgan fingerprint density at radius 3 is 2.63 bits per heavy atom. The second kappa shape index (κ2) is 7.24. The van der Waals surface area contributed by atoms with E-state index in [1.54, 1.807) is 7.11 Å². The topological polar surface area (TPSA) is 116 Å². The zero-order valence-electron chi connectivity index (χ0n) is 15.5.